The highest BCUT2D eigenvalue weighted by molar-refractivity contribution is 6.11. The number of carbonyl (C=O) groups is 2. The number of nitrogens with one attached hydrogen (secondary N) is 1. The summed E-state index contributed by atoms with van der Waals surface area (Å²) >= 11 is 0. The number of nitriles is 1. The molecule has 134 valence electrons. The van der Waals surface area contributed by atoms with Gasteiger partial charge in [0.1, 0.15) is 11.6 Å². The van der Waals surface area contributed by atoms with E-state index in [0.717, 1.165) is 32.1 Å². The lowest BCUT2D eigenvalue weighted by atomic mass is 9.94. The van der Waals surface area contributed by atoms with Crippen molar-refractivity contribution < 1.29 is 18.4 Å². The minimum absolute atomic E-state index is 0.00507. The third-order valence-electron chi connectivity index (χ3n) is 4.59. The fraction of sp³-hybridized carbons (Fsp3) is 0.350. The largest absolute Gasteiger partial charge is 0.453 e. The van der Waals surface area contributed by atoms with Crippen molar-refractivity contribution >= 4 is 11.7 Å². The predicted octanol–water partition coefficient (Wildman–Crippen LogP) is 3.86. The SMILES string of the molecule is N#C[C@H](C(=O)NC1CCCCC1)C(=O)c1ccc(-c2ccccc2F)o1. The Labute approximate surface area is 150 Å². The Morgan fingerprint density at radius 1 is 1.15 bits per heavy atom. The van der Waals surface area contributed by atoms with E-state index in [4.69, 9.17) is 4.42 Å². The lowest BCUT2D eigenvalue weighted by Crippen LogP contribution is -2.41. The average Bonchev–Trinajstić information content (AvgIpc) is 3.13. The average molecular weight is 354 g/mol. The number of ketones is 1. The Balaban J connectivity index is 1.74. The molecule has 1 fully saturated rings. The molecule has 0 saturated heterocycles. The highest BCUT2D eigenvalue weighted by atomic mass is 19.1. The summed E-state index contributed by atoms with van der Waals surface area (Å²) < 4.78 is 19.3. The fourth-order valence-electron chi connectivity index (χ4n) is 3.19. The Bertz CT molecular complexity index is 847. The van der Waals surface area contributed by atoms with Crippen LogP contribution in [0.1, 0.15) is 42.7 Å². The summed E-state index contributed by atoms with van der Waals surface area (Å²) in [6, 6.07) is 10.6. The summed E-state index contributed by atoms with van der Waals surface area (Å²) in [6.45, 7) is 0. The Hall–Kier alpha value is -2.94. The van der Waals surface area contributed by atoms with Gasteiger partial charge >= 0.3 is 0 Å². The second-order valence-electron chi connectivity index (χ2n) is 6.41. The van der Waals surface area contributed by atoms with Gasteiger partial charge in [-0.05, 0) is 37.1 Å². The maximum Gasteiger partial charge on any atom is 0.245 e. The van der Waals surface area contributed by atoms with Gasteiger partial charge in [-0.15, -0.1) is 0 Å². The molecule has 5 nitrogen and oxygen atoms in total. The lowest BCUT2D eigenvalue weighted by Gasteiger charge is -2.23. The van der Waals surface area contributed by atoms with Crippen molar-refractivity contribution in [1.29, 1.82) is 5.26 Å². The van der Waals surface area contributed by atoms with Gasteiger partial charge in [-0.2, -0.15) is 5.26 Å². The van der Waals surface area contributed by atoms with Crippen molar-refractivity contribution in [3.8, 4) is 17.4 Å². The first-order valence-corrected chi connectivity index (χ1v) is 8.69. The molecular weight excluding hydrogens is 335 g/mol. The van der Waals surface area contributed by atoms with Crippen LogP contribution in [0, 0.1) is 23.1 Å². The molecule has 1 N–H and O–H groups in total. The minimum atomic E-state index is -1.48. The molecule has 0 bridgehead atoms. The van der Waals surface area contributed by atoms with Gasteiger partial charge in [0.15, 0.2) is 11.7 Å². The van der Waals surface area contributed by atoms with Crippen molar-refractivity contribution in [1.82, 2.24) is 5.32 Å². The molecular formula is C20H19FN2O3. The number of rotatable bonds is 5. The van der Waals surface area contributed by atoms with Gasteiger partial charge in [-0.25, -0.2) is 4.39 Å². The first-order chi connectivity index (χ1) is 12.6. The van der Waals surface area contributed by atoms with Crippen LogP contribution in [0.2, 0.25) is 0 Å². The van der Waals surface area contributed by atoms with Crippen LogP contribution in [0.3, 0.4) is 0 Å². The van der Waals surface area contributed by atoms with E-state index in [0.29, 0.717) is 0 Å². The first kappa shape index (κ1) is 17.9. The van der Waals surface area contributed by atoms with Crippen LogP contribution in [-0.4, -0.2) is 17.7 Å². The highest BCUT2D eigenvalue weighted by Gasteiger charge is 2.31. The van der Waals surface area contributed by atoms with Crippen LogP contribution < -0.4 is 5.32 Å². The zero-order chi connectivity index (χ0) is 18.5. The maximum atomic E-state index is 13.8. The summed E-state index contributed by atoms with van der Waals surface area (Å²) in [5, 5.41) is 12.1. The van der Waals surface area contributed by atoms with E-state index in [1.54, 1.807) is 18.2 Å². The molecule has 1 heterocycles. The summed E-state index contributed by atoms with van der Waals surface area (Å²) in [6.07, 6.45) is 4.91. The maximum absolute atomic E-state index is 13.8. The van der Waals surface area contributed by atoms with Crippen molar-refractivity contribution in [2.24, 2.45) is 5.92 Å². The van der Waals surface area contributed by atoms with Gasteiger partial charge in [-0.3, -0.25) is 9.59 Å². The molecule has 1 aromatic carbocycles. The molecule has 0 spiro atoms. The number of nitrogens with zero attached hydrogens (tertiary/aromatic N) is 1. The van der Waals surface area contributed by atoms with Crippen LogP contribution in [0.15, 0.2) is 40.8 Å². The number of hydrogen-bond acceptors (Lipinski definition) is 4. The van der Waals surface area contributed by atoms with Gasteiger partial charge in [0, 0.05) is 6.04 Å². The number of carbonyl (C=O) groups excluding carboxylic acids is 2. The normalized spacial score (nSPS) is 15.8. The molecule has 6 heteroatoms. The predicted molar refractivity (Wildman–Crippen MR) is 92.6 cm³/mol. The van der Waals surface area contributed by atoms with Crippen molar-refractivity contribution in [3.05, 3.63) is 48.0 Å². The monoisotopic (exact) mass is 354 g/mol. The van der Waals surface area contributed by atoms with E-state index in [1.807, 2.05) is 0 Å². The topological polar surface area (TPSA) is 83.1 Å². The number of Topliss-reactive ketones (excluding diaryl/α,β-unsaturated/α-hetero) is 1. The van der Waals surface area contributed by atoms with Gasteiger partial charge in [-0.1, -0.05) is 31.4 Å². The van der Waals surface area contributed by atoms with Crippen LogP contribution in [-0.2, 0) is 4.79 Å². The number of furan rings is 1. The van der Waals surface area contributed by atoms with Crippen molar-refractivity contribution in [2.45, 2.75) is 38.1 Å². The number of halogens is 1. The van der Waals surface area contributed by atoms with E-state index < -0.39 is 23.4 Å². The molecule has 3 rings (SSSR count). The van der Waals surface area contributed by atoms with E-state index in [1.165, 1.54) is 24.3 Å². The first-order valence-electron chi connectivity index (χ1n) is 8.69. The van der Waals surface area contributed by atoms with Gasteiger partial charge in [0.25, 0.3) is 0 Å². The van der Waals surface area contributed by atoms with E-state index in [-0.39, 0.29) is 23.1 Å². The van der Waals surface area contributed by atoms with E-state index in [9.17, 15) is 19.2 Å². The van der Waals surface area contributed by atoms with Crippen LogP contribution >= 0.6 is 0 Å². The van der Waals surface area contributed by atoms with Crippen LogP contribution in [0.5, 0.6) is 0 Å². The van der Waals surface area contributed by atoms with Crippen LogP contribution in [0.25, 0.3) is 11.3 Å². The van der Waals surface area contributed by atoms with Crippen molar-refractivity contribution in [2.75, 3.05) is 0 Å². The minimum Gasteiger partial charge on any atom is -0.453 e. The smallest absolute Gasteiger partial charge is 0.245 e. The van der Waals surface area contributed by atoms with E-state index >= 15 is 0 Å². The summed E-state index contributed by atoms with van der Waals surface area (Å²) in [7, 11) is 0. The number of amides is 1. The molecule has 1 aliphatic rings. The zero-order valence-corrected chi connectivity index (χ0v) is 14.2. The van der Waals surface area contributed by atoms with Gasteiger partial charge in [0.2, 0.25) is 11.7 Å². The molecule has 1 atom stereocenters. The fourth-order valence-corrected chi connectivity index (χ4v) is 3.19. The van der Waals surface area contributed by atoms with Crippen LogP contribution in [0.4, 0.5) is 4.39 Å². The number of hydrogen-bond donors (Lipinski definition) is 1. The molecule has 0 radical (unpaired) electrons. The lowest BCUT2D eigenvalue weighted by molar-refractivity contribution is -0.123. The quantitative estimate of drug-likeness (QED) is 0.653. The summed E-state index contributed by atoms with van der Waals surface area (Å²) in [5.41, 5.74) is 0.215. The Kier molecular flexibility index (Phi) is 5.47. The third kappa shape index (κ3) is 3.83. The molecule has 1 saturated carbocycles. The van der Waals surface area contributed by atoms with Crippen molar-refractivity contribution in [3.63, 3.8) is 0 Å². The molecule has 1 aromatic heterocycles. The summed E-state index contributed by atoms with van der Waals surface area (Å²) in [4.78, 5) is 24.8. The number of benzene rings is 1. The van der Waals surface area contributed by atoms with Gasteiger partial charge in [0.05, 0.1) is 11.6 Å². The Morgan fingerprint density at radius 2 is 1.88 bits per heavy atom. The molecule has 0 unspecified atom stereocenters. The third-order valence-corrected chi connectivity index (χ3v) is 4.59. The zero-order valence-electron chi connectivity index (χ0n) is 14.2. The second kappa shape index (κ2) is 7.96. The molecule has 1 amide bonds. The molecule has 26 heavy (non-hydrogen) atoms. The van der Waals surface area contributed by atoms with Gasteiger partial charge < -0.3 is 9.73 Å². The Morgan fingerprint density at radius 3 is 2.58 bits per heavy atom. The molecule has 0 aliphatic heterocycles. The summed E-state index contributed by atoms with van der Waals surface area (Å²) in [5.74, 6) is -3.23. The standard InChI is InChI=1S/C20H19FN2O3/c21-16-9-5-4-8-14(16)17-10-11-18(26-17)19(24)15(12-22)20(25)23-13-6-2-1-3-7-13/h4-5,8-11,13,15H,1-3,6-7H2,(H,23,25)/t15-/m0/s1. The highest BCUT2D eigenvalue weighted by Crippen LogP contribution is 2.26. The molecule has 2 aromatic rings. The second-order valence-corrected chi connectivity index (χ2v) is 6.41. The molecule has 1 aliphatic carbocycles. The van der Waals surface area contributed by atoms with E-state index in [2.05, 4.69) is 5.32 Å².